The van der Waals surface area contributed by atoms with E-state index in [0.717, 1.165) is 30.5 Å². The minimum Gasteiger partial charge on any atom is -0.377 e. The summed E-state index contributed by atoms with van der Waals surface area (Å²) in [6.45, 7) is 6.76. The van der Waals surface area contributed by atoms with Crippen LogP contribution in [0.15, 0.2) is 12.1 Å². The number of halogens is 1. The second-order valence-corrected chi connectivity index (χ2v) is 5.27. The van der Waals surface area contributed by atoms with Gasteiger partial charge in [0, 0.05) is 18.0 Å². The van der Waals surface area contributed by atoms with Crippen molar-refractivity contribution in [1.29, 1.82) is 0 Å². The Hall–Kier alpha value is -0.0900. The zero-order chi connectivity index (χ0) is 11.1. The van der Waals surface area contributed by atoms with E-state index >= 15 is 0 Å². The molecule has 1 aromatic heterocycles. The molecule has 86 valence electrons. The zero-order valence-corrected chi connectivity index (χ0v) is 10.8. The van der Waals surface area contributed by atoms with E-state index in [4.69, 9.17) is 16.3 Å². The molecule has 0 amide bonds. The van der Waals surface area contributed by atoms with Crippen LogP contribution in [-0.4, -0.2) is 19.3 Å². The molecular formula is C11H18ClNOS. The Morgan fingerprint density at radius 1 is 1.53 bits per heavy atom. The Morgan fingerprint density at radius 2 is 2.33 bits per heavy atom. The second kappa shape index (κ2) is 7.23. The number of thiophene rings is 1. The number of nitrogens with one attached hydrogen (secondary N) is 1. The molecule has 0 saturated heterocycles. The topological polar surface area (TPSA) is 21.3 Å². The molecule has 1 unspecified atom stereocenters. The normalized spacial score (nSPS) is 13.0. The summed E-state index contributed by atoms with van der Waals surface area (Å²) >= 11 is 7.45. The highest BCUT2D eigenvalue weighted by atomic mass is 35.5. The first-order valence-electron chi connectivity index (χ1n) is 5.29. The van der Waals surface area contributed by atoms with E-state index in [9.17, 15) is 0 Å². The summed E-state index contributed by atoms with van der Waals surface area (Å²) in [6, 6.07) is 3.98. The fourth-order valence-corrected chi connectivity index (χ4v) is 2.17. The maximum atomic E-state index is 5.83. The highest BCUT2D eigenvalue weighted by molar-refractivity contribution is 7.16. The maximum Gasteiger partial charge on any atom is 0.0931 e. The van der Waals surface area contributed by atoms with Gasteiger partial charge in [0.05, 0.1) is 17.0 Å². The summed E-state index contributed by atoms with van der Waals surface area (Å²) in [6.07, 6.45) is 1.43. The first-order chi connectivity index (χ1) is 7.22. The second-order valence-electron chi connectivity index (χ2n) is 3.47. The average Bonchev–Trinajstić information content (AvgIpc) is 2.63. The van der Waals surface area contributed by atoms with Crippen LogP contribution in [0, 0.1) is 0 Å². The first-order valence-corrected chi connectivity index (χ1v) is 6.48. The highest BCUT2D eigenvalue weighted by Gasteiger charge is 1.99. The van der Waals surface area contributed by atoms with E-state index in [-0.39, 0.29) is 0 Å². The predicted molar refractivity (Wildman–Crippen MR) is 66.7 cm³/mol. The molecule has 0 aliphatic heterocycles. The summed E-state index contributed by atoms with van der Waals surface area (Å²) in [4.78, 5) is 1.27. The molecular weight excluding hydrogens is 230 g/mol. The third kappa shape index (κ3) is 5.52. The van der Waals surface area contributed by atoms with Crippen molar-refractivity contribution in [1.82, 2.24) is 5.32 Å². The molecule has 0 bridgehead atoms. The molecule has 0 aromatic carbocycles. The van der Waals surface area contributed by atoms with Crippen molar-refractivity contribution in [3.05, 3.63) is 21.3 Å². The molecule has 1 N–H and O–H groups in total. The molecule has 1 aromatic rings. The lowest BCUT2D eigenvalue weighted by Crippen LogP contribution is -2.21. The SMILES string of the molecule is CCC(C)OCCNCc1ccc(Cl)s1. The smallest absolute Gasteiger partial charge is 0.0931 e. The van der Waals surface area contributed by atoms with Gasteiger partial charge in [0.2, 0.25) is 0 Å². The van der Waals surface area contributed by atoms with Crippen LogP contribution in [0.1, 0.15) is 25.1 Å². The summed E-state index contributed by atoms with van der Waals surface area (Å²) in [5.74, 6) is 0. The van der Waals surface area contributed by atoms with Crippen molar-refractivity contribution in [2.24, 2.45) is 0 Å². The fourth-order valence-electron chi connectivity index (χ4n) is 1.11. The highest BCUT2D eigenvalue weighted by Crippen LogP contribution is 2.20. The van der Waals surface area contributed by atoms with Gasteiger partial charge in [-0.25, -0.2) is 0 Å². The van der Waals surface area contributed by atoms with Crippen molar-refractivity contribution in [3.8, 4) is 0 Å². The van der Waals surface area contributed by atoms with Gasteiger partial charge in [-0.3, -0.25) is 0 Å². The van der Waals surface area contributed by atoms with Crippen LogP contribution in [-0.2, 0) is 11.3 Å². The average molecular weight is 248 g/mol. The van der Waals surface area contributed by atoms with Gasteiger partial charge in [-0.15, -0.1) is 11.3 Å². The Morgan fingerprint density at radius 3 is 2.93 bits per heavy atom. The molecule has 0 spiro atoms. The van der Waals surface area contributed by atoms with E-state index in [0.29, 0.717) is 6.10 Å². The quantitative estimate of drug-likeness (QED) is 0.747. The Labute approximate surface area is 101 Å². The molecule has 2 nitrogen and oxygen atoms in total. The van der Waals surface area contributed by atoms with Gasteiger partial charge in [0.1, 0.15) is 0 Å². The monoisotopic (exact) mass is 247 g/mol. The molecule has 0 saturated carbocycles. The van der Waals surface area contributed by atoms with Crippen LogP contribution in [0.4, 0.5) is 0 Å². The number of rotatable bonds is 7. The predicted octanol–water partition coefficient (Wildman–Crippen LogP) is 3.31. The third-order valence-electron chi connectivity index (χ3n) is 2.18. The minimum atomic E-state index is 0.364. The first kappa shape index (κ1) is 13.0. The molecule has 0 aliphatic carbocycles. The molecule has 0 aliphatic rings. The molecule has 0 radical (unpaired) electrons. The van der Waals surface area contributed by atoms with Crippen LogP contribution in [0.2, 0.25) is 4.34 Å². The molecule has 1 rings (SSSR count). The molecule has 1 atom stereocenters. The van der Waals surface area contributed by atoms with Crippen molar-refractivity contribution < 1.29 is 4.74 Å². The molecule has 15 heavy (non-hydrogen) atoms. The van der Waals surface area contributed by atoms with Gasteiger partial charge in [-0.2, -0.15) is 0 Å². The number of ether oxygens (including phenoxy) is 1. The largest absolute Gasteiger partial charge is 0.377 e. The van der Waals surface area contributed by atoms with Crippen LogP contribution < -0.4 is 5.32 Å². The standard InChI is InChI=1S/C11H18ClNOS/c1-3-9(2)14-7-6-13-8-10-4-5-11(12)15-10/h4-5,9,13H,3,6-8H2,1-2H3. The van der Waals surface area contributed by atoms with Gasteiger partial charge in [0.25, 0.3) is 0 Å². The summed E-state index contributed by atoms with van der Waals surface area (Å²) in [5.41, 5.74) is 0. The lowest BCUT2D eigenvalue weighted by atomic mass is 10.3. The van der Waals surface area contributed by atoms with Crippen LogP contribution in [0.25, 0.3) is 0 Å². The Kier molecular flexibility index (Phi) is 6.25. The molecule has 0 fully saturated rings. The van der Waals surface area contributed by atoms with E-state index in [1.165, 1.54) is 4.88 Å². The van der Waals surface area contributed by atoms with E-state index < -0.39 is 0 Å². The van der Waals surface area contributed by atoms with Crippen molar-refractivity contribution in [2.45, 2.75) is 32.9 Å². The minimum absolute atomic E-state index is 0.364. The third-order valence-corrected chi connectivity index (χ3v) is 3.42. The van der Waals surface area contributed by atoms with Crippen molar-refractivity contribution in [3.63, 3.8) is 0 Å². The summed E-state index contributed by atoms with van der Waals surface area (Å²) < 4.78 is 6.40. The van der Waals surface area contributed by atoms with Crippen LogP contribution >= 0.6 is 22.9 Å². The van der Waals surface area contributed by atoms with Gasteiger partial charge < -0.3 is 10.1 Å². The van der Waals surface area contributed by atoms with Gasteiger partial charge in [0.15, 0.2) is 0 Å². The lowest BCUT2D eigenvalue weighted by Gasteiger charge is -2.10. The summed E-state index contributed by atoms with van der Waals surface area (Å²) in [5, 5.41) is 3.32. The lowest BCUT2D eigenvalue weighted by molar-refractivity contribution is 0.0655. The van der Waals surface area contributed by atoms with Crippen LogP contribution in [0.5, 0.6) is 0 Å². The maximum absolute atomic E-state index is 5.83. The molecule has 4 heteroatoms. The van der Waals surface area contributed by atoms with E-state index in [1.807, 2.05) is 6.07 Å². The van der Waals surface area contributed by atoms with Crippen molar-refractivity contribution >= 4 is 22.9 Å². The van der Waals surface area contributed by atoms with Gasteiger partial charge in [-0.05, 0) is 25.5 Å². The van der Waals surface area contributed by atoms with Gasteiger partial charge in [-0.1, -0.05) is 18.5 Å². The summed E-state index contributed by atoms with van der Waals surface area (Å²) in [7, 11) is 0. The number of hydrogen-bond acceptors (Lipinski definition) is 3. The number of hydrogen-bond donors (Lipinski definition) is 1. The van der Waals surface area contributed by atoms with E-state index in [1.54, 1.807) is 11.3 Å². The molecule has 1 heterocycles. The van der Waals surface area contributed by atoms with E-state index in [2.05, 4.69) is 25.2 Å². The Balaban J connectivity index is 2.02. The van der Waals surface area contributed by atoms with Crippen molar-refractivity contribution in [2.75, 3.05) is 13.2 Å². The Bertz CT molecular complexity index is 277. The van der Waals surface area contributed by atoms with Gasteiger partial charge >= 0.3 is 0 Å². The zero-order valence-electron chi connectivity index (χ0n) is 9.25. The van der Waals surface area contributed by atoms with Crippen LogP contribution in [0.3, 0.4) is 0 Å². The fraction of sp³-hybridized carbons (Fsp3) is 0.636.